The summed E-state index contributed by atoms with van der Waals surface area (Å²) >= 11 is 6.09. The molecule has 0 amide bonds. The van der Waals surface area contributed by atoms with Gasteiger partial charge in [-0.3, -0.25) is 0 Å². The molecule has 25 heavy (non-hydrogen) atoms. The van der Waals surface area contributed by atoms with Gasteiger partial charge < -0.3 is 15.2 Å². The number of benzene rings is 3. The SMILES string of the molecule is OC1(Nc2cccc(Cl)c2)CC(c2ccccc2)Oc2ccccc21. The zero-order valence-electron chi connectivity index (χ0n) is 13.5. The molecule has 0 aromatic heterocycles. The predicted octanol–water partition coefficient (Wildman–Crippen LogP) is 5.12. The molecule has 1 heterocycles. The molecule has 4 rings (SSSR count). The zero-order valence-corrected chi connectivity index (χ0v) is 14.3. The van der Waals surface area contributed by atoms with Crippen molar-refractivity contribution in [2.75, 3.05) is 5.32 Å². The van der Waals surface area contributed by atoms with Crippen molar-refractivity contribution in [2.24, 2.45) is 0 Å². The molecule has 0 saturated heterocycles. The highest BCUT2D eigenvalue weighted by Gasteiger charge is 2.40. The third-order valence-corrected chi connectivity index (χ3v) is 4.66. The molecule has 2 atom stereocenters. The van der Waals surface area contributed by atoms with Gasteiger partial charge in [0.05, 0.1) is 0 Å². The monoisotopic (exact) mass is 351 g/mol. The van der Waals surface area contributed by atoms with Crippen LogP contribution in [0.5, 0.6) is 5.75 Å². The summed E-state index contributed by atoms with van der Waals surface area (Å²) < 4.78 is 6.15. The van der Waals surface area contributed by atoms with E-state index in [0.29, 0.717) is 17.2 Å². The summed E-state index contributed by atoms with van der Waals surface area (Å²) in [5.74, 6) is 0.680. The van der Waals surface area contributed by atoms with Crippen molar-refractivity contribution in [2.45, 2.75) is 18.2 Å². The van der Waals surface area contributed by atoms with Crippen LogP contribution >= 0.6 is 11.6 Å². The van der Waals surface area contributed by atoms with E-state index in [1.807, 2.05) is 72.8 Å². The molecular formula is C21H18ClNO2. The molecule has 1 aliphatic heterocycles. The number of aliphatic hydroxyl groups is 1. The molecule has 2 N–H and O–H groups in total. The summed E-state index contributed by atoms with van der Waals surface area (Å²) in [6, 6.07) is 24.9. The van der Waals surface area contributed by atoms with Gasteiger partial charge in [-0.2, -0.15) is 0 Å². The van der Waals surface area contributed by atoms with Crippen LogP contribution in [0.15, 0.2) is 78.9 Å². The van der Waals surface area contributed by atoms with Gasteiger partial charge in [0, 0.05) is 22.7 Å². The van der Waals surface area contributed by atoms with Crippen molar-refractivity contribution < 1.29 is 9.84 Å². The van der Waals surface area contributed by atoms with Crippen LogP contribution in [-0.2, 0) is 5.72 Å². The lowest BCUT2D eigenvalue weighted by atomic mass is 9.89. The lowest BCUT2D eigenvalue weighted by molar-refractivity contribution is -0.00906. The van der Waals surface area contributed by atoms with Crippen LogP contribution < -0.4 is 10.1 Å². The molecule has 3 nitrogen and oxygen atoms in total. The highest BCUT2D eigenvalue weighted by atomic mass is 35.5. The summed E-state index contributed by atoms with van der Waals surface area (Å²) in [6.07, 6.45) is 0.147. The number of ether oxygens (including phenoxy) is 1. The maximum atomic E-state index is 11.5. The number of rotatable bonds is 3. The van der Waals surface area contributed by atoms with Crippen molar-refractivity contribution >= 4 is 17.3 Å². The average Bonchev–Trinajstić information content (AvgIpc) is 2.62. The van der Waals surface area contributed by atoms with Crippen molar-refractivity contribution in [3.8, 4) is 5.75 Å². The molecule has 0 aliphatic carbocycles. The molecule has 4 heteroatoms. The van der Waals surface area contributed by atoms with Crippen LogP contribution in [0.4, 0.5) is 5.69 Å². The van der Waals surface area contributed by atoms with Gasteiger partial charge in [0.25, 0.3) is 0 Å². The summed E-state index contributed by atoms with van der Waals surface area (Å²) in [6.45, 7) is 0. The second kappa shape index (κ2) is 6.43. The van der Waals surface area contributed by atoms with Gasteiger partial charge >= 0.3 is 0 Å². The van der Waals surface area contributed by atoms with Crippen LogP contribution in [0.1, 0.15) is 23.7 Å². The Morgan fingerprint density at radius 2 is 1.72 bits per heavy atom. The Balaban J connectivity index is 1.74. The van der Waals surface area contributed by atoms with E-state index in [4.69, 9.17) is 16.3 Å². The van der Waals surface area contributed by atoms with Gasteiger partial charge in [0.2, 0.25) is 0 Å². The molecule has 126 valence electrons. The lowest BCUT2D eigenvalue weighted by Crippen LogP contribution is -2.41. The van der Waals surface area contributed by atoms with Crippen LogP contribution in [0.25, 0.3) is 0 Å². The number of hydrogen-bond donors (Lipinski definition) is 2. The maximum absolute atomic E-state index is 11.5. The fraction of sp³-hybridized carbons (Fsp3) is 0.143. The first-order valence-corrected chi connectivity index (χ1v) is 8.59. The molecule has 0 fully saturated rings. The predicted molar refractivity (Wildman–Crippen MR) is 99.8 cm³/mol. The maximum Gasteiger partial charge on any atom is 0.169 e. The Bertz CT molecular complexity index is 884. The standard InChI is InChI=1S/C21H18ClNO2/c22-16-9-6-10-17(13-16)23-21(24)14-20(15-7-2-1-3-8-15)25-19-12-5-4-11-18(19)21/h1-13,20,23-24H,14H2. The summed E-state index contributed by atoms with van der Waals surface area (Å²) in [5, 5.41) is 15.3. The molecule has 0 radical (unpaired) electrons. The van der Waals surface area contributed by atoms with Crippen LogP contribution in [0.2, 0.25) is 5.02 Å². The zero-order chi connectivity index (χ0) is 17.3. The number of nitrogens with one attached hydrogen (secondary N) is 1. The van der Waals surface area contributed by atoms with Crippen molar-refractivity contribution in [1.82, 2.24) is 0 Å². The Morgan fingerprint density at radius 1 is 0.960 bits per heavy atom. The normalized spacial score (nSPS) is 21.9. The first-order valence-electron chi connectivity index (χ1n) is 8.21. The summed E-state index contributed by atoms with van der Waals surface area (Å²) in [5.41, 5.74) is 1.27. The second-order valence-electron chi connectivity index (χ2n) is 6.21. The Morgan fingerprint density at radius 3 is 2.52 bits per heavy atom. The summed E-state index contributed by atoms with van der Waals surface area (Å²) in [4.78, 5) is 0. The Kier molecular flexibility index (Phi) is 4.12. The molecule has 0 saturated carbocycles. The molecular weight excluding hydrogens is 334 g/mol. The third-order valence-electron chi connectivity index (χ3n) is 4.43. The minimum absolute atomic E-state index is 0.243. The molecule has 0 bridgehead atoms. The van der Waals surface area contributed by atoms with Crippen molar-refractivity contribution in [3.05, 3.63) is 95.0 Å². The average molecular weight is 352 g/mol. The highest BCUT2D eigenvalue weighted by Crippen LogP contribution is 2.44. The fourth-order valence-corrected chi connectivity index (χ4v) is 3.45. The molecule has 3 aromatic carbocycles. The third kappa shape index (κ3) is 3.21. The second-order valence-corrected chi connectivity index (χ2v) is 6.65. The van der Waals surface area contributed by atoms with E-state index < -0.39 is 5.72 Å². The van der Waals surface area contributed by atoms with E-state index in [9.17, 15) is 5.11 Å². The summed E-state index contributed by atoms with van der Waals surface area (Å²) in [7, 11) is 0. The minimum Gasteiger partial charge on any atom is -0.485 e. The van der Waals surface area contributed by atoms with Crippen molar-refractivity contribution in [1.29, 1.82) is 0 Å². The molecule has 3 aromatic rings. The van der Waals surface area contributed by atoms with E-state index in [0.717, 1.165) is 16.8 Å². The number of anilines is 1. The van der Waals surface area contributed by atoms with E-state index in [2.05, 4.69) is 5.32 Å². The number of hydrogen-bond acceptors (Lipinski definition) is 3. The van der Waals surface area contributed by atoms with E-state index in [-0.39, 0.29) is 6.10 Å². The van der Waals surface area contributed by atoms with E-state index >= 15 is 0 Å². The number of halogens is 1. The minimum atomic E-state index is -1.25. The topological polar surface area (TPSA) is 41.5 Å². The first kappa shape index (κ1) is 16.0. The molecule has 1 aliphatic rings. The van der Waals surface area contributed by atoms with Gasteiger partial charge in [0.15, 0.2) is 5.72 Å². The van der Waals surface area contributed by atoms with E-state index in [1.165, 1.54) is 0 Å². The van der Waals surface area contributed by atoms with Crippen LogP contribution in [0, 0.1) is 0 Å². The van der Waals surface area contributed by atoms with Gasteiger partial charge in [-0.15, -0.1) is 0 Å². The molecule has 0 spiro atoms. The number of para-hydroxylation sites is 1. The number of fused-ring (bicyclic) bond motifs is 1. The van der Waals surface area contributed by atoms with Gasteiger partial charge in [-0.05, 0) is 29.8 Å². The largest absolute Gasteiger partial charge is 0.485 e. The smallest absolute Gasteiger partial charge is 0.169 e. The molecule has 2 unspecified atom stereocenters. The van der Waals surface area contributed by atoms with Gasteiger partial charge in [-0.25, -0.2) is 0 Å². The first-order chi connectivity index (χ1) is 12.1. The van der Waals surface area contributed by atoms with Crippen molar-refractivity contribution in [3.63, 3.8) is 0 Å². The Labute approximate surface area is 151 Å². The quantitative estimate of drug-likeness (QED) is 0.643. The lowest BCUT2D eigenvalue weighted by Gasteiger charge is -2.40. The van der Waals surface area contributed by atoms with E-state index in [1.54, 1.807) is 6.07 Å². The fourth-order valence-electron chi connectivity index (χ4n) is 3.26. The van der Waals surface area contributed by atoms with Crippen LogP contribution in [0.3, 0.4) is 0 Å². The van der Waals surface area contributed by atoms with Gasteiger partial charge in [0.1, 0.15) is 11.9 Å². The highest BCUT2D eigenvalue weighted by molar-refractivity contribution is 6.30. The van der Waals surface area contributed by atoms with Crippen LogP contribution in [-0.4, -0.2) is 5.11 Å². The van der Waals surface area contributed by atoms with Gasteiger partial charge in [-0.1, -0.05) is 66.2 Å². The Hall–Kier alpha value is -2.49.